The Morgan fingerprint density at radius 1 is 1.26 bits per heavy atom. The summed E-state index contributed by atoms with van der Waals surface area (Å²) in [5.74, 6) is 5.04. The zero-order valence-electron chi connectivity index (χ0n) is 15.6. The number of aliphatic imine (C=N–C) groups is 1. The Morgan fingerprint density at radius 3 is 2.96 bits per heavy atom. The molecule has 4 rings (SSSR count). The molecular formula is C18H25IN6O2. The van der Waals surface area contributed by atoms with E-state index in [1.165, 1.54) is 0 Å². The molecule has 1 aromatic carbocycles. The third-order valence-electron chi connectivity index (χ3n) is 4.91. The van der Waals surface area contributed by atoms with Gasteiger partial charge >= 0.3 is 0 Å². The Kier molecular flexibility index (Phi) is 6.40. The normalized spacial score (nSPS) is 17.9. The van der Waals surface area contributed by atoms with Crippen LogP contribution in [0, 0.1) is 12.8 Å². The summed E-state index contributed by atoms with van der Waals surface area (Å²) in [6.45, 7) is 4.82. The number of rotatable bonds is 4. The van der Waals surface area contributed by atoms with Crippen molar-refractivity contribution in [3.05, 3.63) is 35.4 Å². The highest BCUT2D eigenvalue weighted by atomic mass is 127. The Bertz CT molecular complexity index is 822. The second-order valence-corrected chi connectivity index (χ2v) is 6.67. The molecular weight excluding hydrogens is 459 g/mol. The first kappa shape index (κ1) is 19.7. The van der Waals surface area contributed by atoms with Gasteiger partial charge in [0.1, 0.15) is 11.6 Å². The number of fused-ring (bicyclic) bond motifs is 2. The second kappa shape index (κ2) is 8.77. The number of guanidine groups is 1. The van der Waals surface area contributed by atoms with Gasteiger partial charge < -0.3 is 24.7 Å². The van der Waals surface area contributed by atoms with Crippen LogP contribution >= 0.6 is 24.0 Å². The molecule has 1 aromatic heterocycles. The van der Waals surface area contributed by atoms with Crippen LogP contribution in [0.5, 0.6) is 11.5 Å². The zero-order chi connectivity index (χ0) is 17.9. The molecule has 0 fully saturated rings. The summed E-state index contributed by atoms with van der Waals surface area (Å²) in [7, 11) is 1.79. The Balaban J connectivity index is 0.00000210. The van der Waals surface area contributed by atoms with E-state index in [9.17, 15) is 0 Å². The van der Waals surface area contributed by atoms with Gasteiger partial charge in [0.15, 0.2) is 17.5 Å². The van der Waals surface area contributed by atoms with E-state index in [1.54, 1.807) is 7.05 Å². The molecule has 2 aliphatic rings. The van der Waals surface area contributed by atoms with E-state index >= 15 is 0 Å². The van der Waals surface area contributed by atoms with Gasteiger partial charge in [0.25, 0.3) is 0 Å². The molecule has 9 heteroatoms. The quantitative estimate of drug-likeness (QED) is 0.392. The van der Waals surface area contributed by atoms with Crippen LogP contribution in [0.3, 0.4) is 0 Å². The molecule has 0 amide bonds. The maximum absolute atomic E-state index is 5.42. The maximum Gasteiger partial charge on any atom is 0.231 e. The van der Waals surface area contributed by atoms with Gasteiger partial charge in [-0.3, -0.25) is 4.99 Å². The van der Waals surface area contributed by atoms with E-state index in [2.05, 4.69) is 30.4 Å². The Morgan fingerprint density at radius 2 is 2.11 bits per heavy atom. The number of hydrogen-bond acceptors (Lipinski definition) is 5. The van der Waals surface area contributed by atoms with Crippen molar-refractivity contribution >= 4 is 29.9 Å². The molecule has 2 aliphatic heterocycles. The number of aromatic nitrogens is 3. The molecule has 27 heavy (non-hydrogen) atoms. The molecule has 1 atom stereocenters. The molecule has 0 radical (unpaired) electrons. The highest BCUT2D eigenvalue weighted by Crippen LogP contribution is 2.32. The maximum atomic E-state index is 5.42. The van der Waals surface area contributed by atoms with Gasteiger partial charge in [0.05, 0.1) is 0 Å². The second-order valence-electron chi connectivity index (χ2n) is 6.67. The van der Waals surface area contributed by atoms with Crippen molar-refractivity contribution < 1.29 is 9.47 Å². The molecule has 146 valence electrons. The van der Waals surface area contributed by atoms with E-state index in [0.29, 0.717) is 19.3 Å². The van der Waals surface area contributed by atoms with Crippen LogP contribution in [0.15, 0.2) is 23.2 Å². The number of halogens is 1. The summed E-state index contributed by atoms with van der Waals surface area (Å²) >= 11 is 0. The monoisotopic (exact) mass is 484 g/mol. The van der Waals surface area contributed by atoms with E-state index in [4.69, 9.17) is 9.47 Å². The Hall–Kier alpha value is -2.04. The average molecular weight is 484 g/mol. The lowest BCUT2D eigenvalue weighted by Gasteiger charge is -2.25. The summed E-state index contributed by atoms with van der Waals surface area (Å²) in [6, 6.07) is 5.97. The van der Waals surface area contributed by atoms with Gasteiger partial charge in [-0.05, 0) is 37.0 Å². The van der Waals surface area contributed by atoms with Crippen LogP contribution in [0.4, 0.5) is 0 Å². The third-order valence-corrected chi connectivity index (χ3v) is 4.91. The van der Waals surface area contributed by atoms with Crippen LogP contribution in [-0.2, 0) is 19.5 Å². The molecule has 2 aromatic rings. The summed E-state index contributed by atoms with van der Waals surface area (Å²) < 4.78 is 13.0. The van der Waals surface area contributed by atoms with Crippen molar-refractivity contribution in [2.45, 2.75) is 32.9 Å². The number of ether oxygens (including phenoxy) is 2. The van der Waals surface area contributed by atoms with Gasteiger partial charge in [-0.2, -0.15) is 0 Å². The summed E-state index contributed by atoms with van der Waals surface area (Å²) in [5.41, 5.74) is 1.12. The van der Waals surface area contributed by atoms with Crippen LogP contribution in [0.1, 0.15) is 23.6 Å². The van der Waals surface area contributed by atoms with E-state index < -0.39 is 0 Å². The molecule has 8 nitrogen and oxygen atoms in total. The molecule has 0 aliphatic carbocycles. The first-order valence-corrected chi connectivity index (χ1v) is 8.94. The predicted molar refractivity (Wildman–Crippen MR) is 113 cm³/mol. The van der Waals surface area contributed by atoms with Crippen molar-refractivity contribution in [3.8, 4) is 11.5 Å². The smallest absolute Gasteiger partial charge is 0.231 e. The zero-order valence-corrected chi connectivity index (χ0v) is 17.9. The molecule has 1 unspecified atom stereocenters. The first-order valence-electron chi connectivity index (χ1n) is 8.94. The molecule has 0 saturated carbocycles. The van der Waals surface area contributed by atoms with Gasteiger partial charge in [-0.15, -0.1) is 34.2 Å². The van der Waals surface area contributed by atoms with E-state index in [-0.39, 0.29) is 24.0 Å². The minimum atomic E-state index is 0. The number of hydrogen-bond donors (Lipinski definition) is 2. The number of nitrogens with zero attached hydrogens (tertiary/aromatic N) is 4. The predicted octanol–water partition coefficient (Wildman–Crippen LogP) is 1.86. The number of nitrogens with one attached hydrogen (secondary N) is 2. The summed E-state index contributed by atoms with van der Waals surface area (Å²) in [4.78, 5) is 4.32. The number of aryl methyl sites for hydroxylation is 2. The molecule has 0 bridgehead atoms. The third kappa shape index (κ3) is 4.45. The SMILES string of the molecule is CN=C(NCc1ccc2c(c1)OCO2)NCC1CCc2nnc(C)n2C1.I. The van der Waals surface area contributed by atoms with Crippen LogP contribution in [0.25, 0.3) is 0 Å². The fourth-order valence-electron chi connectivity index (χ4n) is 3.39. The number of benzene rings is 1. The molecule has 2 N–H and O–H groups in total. The topological polar surface area (TPSA) is 85.6 Å². The van der Waals surface area contributed by atoms with Gasteiger partial charge in [-0.1, -0.05) is 6.07 Å². The standard InChI is InChI=1S/C18H24N6O2.HI/c1-12-22-23-17-6-4-14(10-24(12)17)9-21-18(19-2)20-8-13-3-5-15-16(7-13)26-11-25-15;/h3,5,7,14H,4,6,8-11H2,1-2H3,(H2,19,20,21);1H. The summed E-state index contributed by atoms with van der Waals surface area (Å²) in [5, 5.41) is 15.2. The van der Waals surface area contributed by atoms with E-state index in [1.807, 2.05) is 25.1 Å². The van der Waals surface area contributed by atoms with Crippen molar-refractivity contribution in [3.63, 3.8) is 0 Å². The van der Waals surface area contributed by atoms with Crippen LogP contribution < -0.4 is 20.1 Å². The summed E-state index contributed by atoms with van der Waals surface area (Å²) in [6.07, 6.45) is 2.10. The van der Waals surface area contributed by atoms with Gasteiger partial charge in [-0.25, -0.2) is 0 Å². The van der Waals surface area contributed by atoms with Crippen molar-refractivity contribution in [1.82, 2.24) is 25.4 Å². The highest BCUT2D eigenvalue weighted by molar-refractivity contribution is 14.0. The molecule has 0 saturated heterocycles. The lowest BCUT2D eigenvalue weighted by Crippen LogP contribution is -2.41. The first-order chi connectivity index (χ1) is 12.7. The van der Waals surface area contributed by atoms with Crippen LogP contribution in [-0.4, -0.2) is 41.1 Å². The fourth-order valence-corrected chi connectivity index (χ4v) is 3.39. The van der Waals surface area contributed by atoms with Crippen molar-refractivity contribution in [2.75, 3.05) is 20.4 Å². The molecule has 0 spiro atoms. The molecule has 3 heterocycles. The lowest BCUT2D eigenvalue weighted by molar-refractivity contribution is 0.174. The van der Waals surface area contributed by atoms with Crippen LogP contribution in [0.2, 0.25) is 0 Å². The average Bonchev–Trinajstić information content (AvgIpc) is 3.28. The minimum absolute atomic E-state index is 0. The van der Waals surface area contributed by atoms with E-state index in [0.717, 1.165) is 60.6 Å². The van der Waals surface area contributed by atoms with Gasteiger partial charge in [0, 0.05) is 33.1 Å². The largest absolute Gasteiger partial charge is 0.454 e. The van der Waals surface area contributed by atoms with Gasteiger partial charge in [0.2, 0.25) is 6.79 Å². The van der Waals surface area contributed by atoms with Crippen molar-refractivity contribution in [1.29, 1.82) is 0 Å². The van der Waals surface area contributed by atoms with Crippen molar-refractivity contribution in [2.24, 2.45) is 10.9 Å². The Labute approximate surface area is 175 Å². The lowest BCUT2D eigenvalue weighted by atomic mass is 9.99. The minimum Gasteiger partial charge on any atom is -0.454 e. The highest BCUT2D eigenvalue weighted by Gasteiger charge is 2.21. The fraction of sp³-hybridized carbons (Fsp3) is 0.500.